The Morgan fingerprint density at radius 1 is 1.62 bits per heavy atom. The van der Waals surface area contributed by atoms with Gasteiger partial charge in [-0.2, -0.15) is 0 Å². The zero-order valence-electron chi connectivity index (χ0n) is 6.96. The Balaban J connectivity index is 2.60. The van der Waals surface area contributed by atoms with Gasteiger partial charge in [0, 0.05) is 6.42 Å². The lowest BCUT2D eigenvalue weighted by Crippen LogP contribution is -2.58. The largest absolute Gasteiger partial charge is 0.465 e. The zero-order chi connectivity index (χ0) is 10.1. The predicted octanol–water partition coefficient (Wildman–Crippen LogP) is 0.769. The number of nitrogens with one attached hydrogen (secondary N) is 1. The maximum atomic E-state index is 12.9. The summed E-state index contributed by atoms with van der Waals surface area (Å²) in [6, 6.07) is -2.24. The average molecular weight is 194 g/mol. The summed E-state index contributed by atoms with van der Waals surface area (Å²) in [5, 5.41) is 10.3. The standard InChI is InChI=1S/C7H12F2N2O2/c8-7(9)3-1-2-4(5(7)10)11-6(12)13/h4-5,11H,1-3,10H2,(H,12,13)/t4-,5+/m0/s1. The van der Waals surface area contributed by atoms with Crippen LogP contribution in [0.4, 0.5) is 13.6 Å². The van der Waals surface area contributed by atoms with Crippen LogP contribution in [-0.2, 0) is 0 Å². The first-order valence-electron chi connectivity index (χ1n) is 4.06. The van der Waals surface area contributed by atoms with Gasteiger partial charge in [-0.3, -0.25) is 0 Å². The van der Waals surface area contributed by atoms with Gasteiger partial charge >= 0.3 is 6.09 Å². The lowest BCUT2D eigenvalue weighted by molar-refractivity contribution is -0.0615. The van der Waals surface area contributed by atoms with E-state index in [1.54, 1.807) is 0 Å². The fraction of sp³-hybridized carbons (Fsp3) is 0.857. The van der Waals surface area contributed by atoms with Gasteiger partial charge in [-0.05, 0) is 12.8 Å². The molecule has 1 aliphatic carbocycles. The van der Waals surface area contributed by atoms with Crippen LogP contribution in [0.2, 0.25) is 0 Å². The number of alkyl halides is 2. The monoisotopic (exact) mass is 194 g/mol. The highest BCUT2D eigenvalue weighted by atomic mass is 19.3. The summed E-state index contributed by atoms with van der Waals surface area (Å²) in [5.41, 5.74) is 5.23. The van der Waals surface area contributed by atoms with E-state index in [-0.39, 0.29) is 6.42 Å². The van der Waals surface area contributed by atoms with Gasteiger partial charge in [0.2, 0.25) is 0 Å². The van der Waals surface area contributed by atoms with Crippen molar-refractivity contribution >= 4 is 6.09 Å². The Hall–Kier alpha value is -0.910. The van der Waals surface area contributed by atoms with Gasteiger partial charge in [-0.1, -0.05) is 0 Å². The molecule has 0 aromatic rings. The number of hydrogen-bond acceptors (Lipinski definition) is 2. The molecule has 4 nitrogen and oxygen atoms in total. The molecular formula is C7H12F2N2O2. The van der Waals surface area contributed by atoms with Crippen molar-refractivity contribution < 1.29 is 18.7 Å². The second kappa shape index (κ2) is 3.45. The Morgan fingerprint density at radius 2 is 2.23 bits per heavy atom. The molecule has 0 aromatic carbocycles. The first-order valence-corrected chi connectivity index (χ1v) is 4.06. The molecule has 0 aliphatic heterocycles. The molecule has 1 rings (SSSR count). The molecule has 76 valence electrons. The molecular weight excluding hydrogens is 182 g/mol. The van der Waals surface area contributed by atoms with Crippen LogP contribution in [-0.4, -0.2) is 29.2 Å². The minimum absolute atomic E-state index is 0.258. The second-order valence-electron chi connectivity index (χ2n) is 3.24. The summed E-state index contributed by atoms with van der Waals surface area (Å²) in [7, 11) is 0. The van der Waals surface area contributed by atoms with E-state index in [2.05, 4.69) is 0 Å². The third-order valence-corrected chi connectivity index (χ3v) is 2.26. The summed E-state index contributed by atoms with van der Waals surface area (Å²) in [6.07, 6.45) is -0.890. The molecule has 0 heterocycles. The van der Waals surface area contributed by atoms with E-state index in [0.717, 1.165) is 0 Å². The first kappa shape index (κ1) is 10.2. The number of amides is 1. The van der Waals surface area contributed by atoms with Gasteiger partial charge in [0.1, 0.15) is 0 Å². The van der Waals surface area contributed by atoms with E-state index in [9.17, 15) is 13.6 Å². The van der Waals surface area contributed by atoms with Gasteiger partial charge in [0.25, 0.3) is 5.92 Å². The number of carbonyl (C=O) groups is 1. The minimum Gasteiger partial charge on any atom is -0.465 e. The van der Waals surface area contributed by atoms with Gasteiger partial charge < -0.3 is 16.2 Å². The quantitative estimate of drug-likeness (QED) is 0.577. The van der Waals surface area contributed by atoms with Gasteiger partial charge in [0.05, 0.1) is 12.1 Å². The van der Waals surface area contributed by atoms with Crippen LogP contribution in [0.1, 0.15) is 19.3 Å². The van der Waals surface area contributed by atoms with Gasteiger partial charge in [-0.15, -0.1) is 0 Å². The topological polar surface area (TPSA) is 75.3 Å². The molecule has 0 radical (unpaired) electrons. The van der Waals surface area contributed by atoms with Crippen LogP contribution in [0, 0.1) is 0 Å². The normalized spacial score (nSPS) is 32.5. The molecule has 1 fully saturated rings. The van der Waals surface area contributed by atoms with Gasteiger partial charge in [-0.25, -0.2) is 13.6 Å². The van der Waals surface area contributed by atoms with Crippen LogP contribution in [0.15, 0.2) is 0 Å². The van der Waals surface area contributed by atoms with Crippen LogP contribution >= 0.6 is 0 Å². The Kier molecular flexibility index (Phi) is 2.70. The molecule has 0 unspecified atom stereocenters. The fourth-order valence-electron chi connectivity index (χ4n) is 1.52. The third kappa shape index (κ3) is 2.27. The van der Waals surface area contributed by atoms with Crippen molar-refractivity contribution in [1.82, 2.24) is 5.32 Å². The molecule has 0 bridgehead atoms. The molecule has 6 heteroatoms. The molecule has 0 spiro atoms. The maximum Gasteiger partial charge on any atom is 0.404 e. The van der Waals surface area contributed by atoms with Crippen molar-refractivity contribution in [3.8, 4) is 0 Å². The summed E-state index contributed by atoms with van der Waals surface area (Å²) in [6.45, 7) is 0. The highest BCUT2D eigenvalue weighted by Gasteiger charge is 2.45. The lowest BCUT2D eigenvalue weighted by atomic mass is 9.88. The van der Waals surface area contributed by atoms with Crippen molar-refractivity contribution in [3.05, 3.63) is 0 Å². The molecule has 0 saturated heterocycles. The Labute approximate surface area is 74.1 Å². The van der Waals surface area contributed by atoms with Crippen molar-refractivity contribution in [2.45, 2.75) is 37.3 Å². The van der Waals surface area contributed by atoms with E-state index in [1.807, 2.05) is 5.32 Å². The van der Waals surface area contributed by atoms with Crippen molar-refractivity contribution in [1.29, 1.82) is 0 Å². The molecule has 13 heavy (non-hydrogen) atoms. The summed E-state index contributed by atoms with van der Waals surface area (Å²) < 4.78 is 25.9. The number of hydrogen-bond donors (Lipinski definition) is 3. The first-order chi connectivity index (χ1) is 5.93. The Bertz CT molecular complexity index is 211. The van der Waals surface area contributed by atoms with Crippen molar-refractivity contribution in [2.24, 2.45) is 5.73 Å². The van der Waals surface area contributed by atoms with Crippen LogP contribution < -0.4 is 11.1 Å². The lowest BCUT2D eigenvalue weighted by Gasteiger charge is -2.35. The van der Waals surface area contributed by atoms with E-state index in [0.29, 0.717) is 12.8 Å². The van der Waals surface area contributed by atoms with E-state index >= 15 is 0 Å². The van der Waals surface area contributed by atoms with Crippen molar-refractivity contribution in [3.63, 3.8) is 0 Å². The molecule has 1 saturated carbocycles. The predicted molar refractivity (Wildman–Crippen MR) is 41.7 cm³/mol. The SMILES string of the molecule is N[C@@H]1[C@@H](NC(=O)O)CCCC1(F)F. The van der Waals surface area contributed by atoms with Crippen LogP contribution in [0.25, 0.3) is 0 Å². The van der Waals surface area contributed by atoms with Crippen molar-refractivity contribution in [2.75, 3.05) is 0 Å². The van der Waals surface area contributed by atoms with Crippen LogP contribution in [0.5, 0.6) is 0 Å². The second-order valence-corrected chi connectivity index (χ2v) is 3.24. The van der Waals surface area contributed by atoms with Crippen LogP contribution in [0.3, 0.4) is 0 Å². The molecule has 1 aliphatic rings. The highest BCUT2D eigenvalue weighted by Crippen LogP contribution is 2.32. The molecule has 0 aromatic heterocycles. The smallest absolute Gasteiger partial charge is 0.404 e. The zero-order valence-corrected chi connectivity index (χ0v) is 6.96. The Morgan fingerprint density at radius 3 is 2.77 bits per heavy atom. The number of carboxylic acid groups (broad SMARTS) is 1. The van der Waals surface area contributed by atoms with Gasteiger partial charge in [0.15, 0.2) is 0 Å². The maximum absolute atomic E-state index is 12.9. The summed E-state index contributed by atoms with van der Waals surface area (Å²) in [4.78, 5) is 10.2. The van der Waals surface area contributed by atoms with E-state index < -0.39 is 24.1 Å². The number of nitrogens with two attached hydrogens (primary N) is 1. The minimum atomic E-state index is -2.95. The fourth-order valence-corrected chi connectivity index (χ4v) is 1.52. The molecule has 1 amide bonds. The molecule has 2 atom stereocenters. The molecule has 4 N–H and O–H groups in total. The highest BCUT2D eigenvalue weighted by molar-refractivity contribution is 5.65. The summed E-state index contributed by atoms with van der Waals surface area (Å²) in [5.74, 6) is -2.95. The number of halogens is 2. The van der Waals surface area contributed by atoms with E-state index in [4.69, 9.17) is 10.8 Å². The average Bonchev–Trinajstić information content (AvgIpc) is 1.98. The summed E-state index contributed by atoms with van der Waals surface area (Å²) >= 11 is 0. The number of rotatable bonds is 1. The third-order valence-electron chi connectivity index (χ3n) is 2.26. The van der Waals surface area contributed by atoms with E-state index in [1.165, 1.54) is 0 Å².